The molecule has 0 aromatic rings. The number of rotatable bonds is 3. The summed E-state index contributed by atoms with van der Waals surface area (Å²) in [5.41, 5.74) is 5.66. The lowest BCUT2D eigenvalue weighted by molar-refractivity contribution is 0.231. The Morgan fingerprint density at radius 1 is 1.50 bits per heavy atom. The van der Waals surface area contributed by atoms with Gasteiger partial charge in [0.1, 0.15) is 0 Å². The average Bonchev–Trinajstić information content (AvgIpc) is 2.78. The third-order valence-corrected chi connectivity index (χ3v) is 2.21. The molecule has 82 valence electrons. The molecule has 1 aliphatic carbocycles. The maximum atomic E-state index is 11.3. The Kier molecular flexibility index (Phi) is 3.37. The highest BCUT2D eigenvalue weighted by molar-refractivity contribution is 5.74. The van der Waals surface area contributed by atoms with E-state index in [1.807, 2.05) is 20.8 Å². The second-order valence-corrected chi connectivity index (χ2v) is 5.09. The van der Waals surface area contributed by atoms with E-state index in [0.29, 0.717) is 12.5 Å². The first-order valence-corrected chi connectivity index (χ1v) is 5.20. The first-order valence-electron chi connectivity index (χ1n) is 5.20. The van der Waals surface area contributed by atoms with Gasteiger partial charge in [-0.05, 0) is 39.5 Å². The van der Waals surface area contributed by atoms with Gasteiger partial charge in [-0.25, -0.2) is 4.79 Å². The van der Waals surface area contributed by atoms with Crippen LogP contribution in [0.4, 0.5) is 4.79 Å². The minimum atomic E-state index is -0.187. The molecule has 4 N–H and O–H groups in total. The molecule has 0 aromatic carbocycles. The van der Waals surface area contributed by atoms with Gasteiger partial charge in [-0.3, -0.25) is 0 Å². The van der Waals surface area contributed by atoms with Crippen LogP contribution in [0.5, 0.6) is 0 Å². The minimum Gasteiger partial charge on any atom is -0.337 e. The highest BCUT2D eigenvalue weighted by Gasteiger charge is 2.28. The Hall–Kier alpha value is -0.770. The molecule has 1 aliphatic rings. The molecule has 0 aromatic heterocycles. The van der Waals surface area contributed by atoms with Crippen molar-refractivity contribution in [2.45, 2.75) is 45.2 Å². The average molecular weight is 199 g/mol. The summed E-state index contributed by atoms with van der Waals surface area (Å²) >= 11 is 0. The third-order valence-electron chi connectivity index (χ3n) is 2.21. The maximum Gasteiger partial charge on any atom is 0.315 e. The van der Waals surface area contributed by atoms with Crippen molar-refractivity contribution in [3.05, 3.63) is 0 Å². The molecule has 0 bridgehead atoms. The SMILES string of the molecule is CC(C)(C)NC(=O)NCC(N)C1CC1. The molecule has 1 rings (SSSR count). The highest BCUT2D eigenvalue weighted by Crippen LogP contribution is 2.31. The van der Waals surface area contributed by atoms with Crippen LogP contribution in [-0.4, -0.2) is 24.2 Å². The van der Waals surface area contributed by atoms with E-state index in [1.54, 1.807) is 0 Å². The van der Waals surface area contributed by atoms with Crippen LogP contribution in [0, 0.1) is 5.92 Å². The minimum absolute atomic E-state index is 0.126. The molecule has 1 fully saturated rings. The zero-order chi connectivity index (χ0) is 10.8. The first-order chi connectivity index (χ1) is 6.38. The van der Waals surface area contributed by atoms with Gasteiger partial charge in [0, 0.05) is 18.1 Å². The van der Waals surface area contributed by atoms with Gasteiger partial charge in [-0.1, -0.05) is 0 Å². The molecule has 0 radical (unpaired) electrons. The summed E-state index contributed by atoms with van der Waals surface area (Å²) in [7, 11) is 0. The van der Waals surface area contributed by atoms with Gasteiger partial charge in [0.2, 0.25) is 0 Å². The van der Waals surface area contributed by atoms with Crippen LogP contribution in [0.3, 0.4) is 0 Å². The number of hydrogen-bond donors (Lipinski definition) is 3. The summed E-state index contributed by atoms with van der Waals surface area (Å²) in [6.45, 7) is 6.43. The molecule has 1 unspecified atom stereocenters. The van der Waals surface area contributed by atoms with E-state index < -0.39 is 0 Å². The number of amides is 2. The second kappa shape index (κ2) is 4.17. The Labute approximate surface area is 85.6 Å². The van der Waals surface area contributed by atoms with Gasteiger partial charge in [0.15, 0.2) is 0 Å². The maximum absolute atomic E-state index is 11.3. The zero-order valence-corrected chi connectivity index (χ0v) is 9.26. The van der Waals surface area contributed by atoms with Crippen molar-refractivity contribution < 1.29 is 4.79 Å². The van der Waals surface area contributed by atoms with Crippen LogP contribution in [-0.2, 0) is 0 Å². The molecule has 4 nitrogen and oxygen atoms in total. The van der Waals surface area contributed by atoms with Gasteiger partial charge >= 0.3 is 6.03 Å². The predicted octanol–water partition coefficient (Wildman–Crippen LogP) is 0.821. The van der Waals surface area contributed by atoms with Crippen LogP contribution in [0.25, 0.3) is 0 Å². The van der Waals surface area contributed by atoms with Crippen molar-refractivity contribution in [2.75, 3.05) is 6.54 Å². The van der Waals surface area contributed by atoms with Crippen molar-refractivity contribution >= 4 is 6.03 Å². The Morgan fingerprint density at radius 3 is 2.50 bits per heavy atom. The van der Waals surface area contributed by atoms with Gasteiger partial charge in [0.05, 0.1) is 0 Å². The number of nitrogens with one attached hydrogen (secondary N) is 2. The fourth-order valence-electron chi connectivity index (χ4n) is 1.29. The lowest BCUT2D eigenvalue weighted by Gasteiger charge is -2.21. The summed E-state index contributed by atoms with van der Waals surface area (Å²) < 4.78 is 0. The summed E-state index contributed by atoms with van der Waals surface area (Å²) in [6.07, 6.45) is 2.42. The number of carbonyl (C=O) groups excluding carboxylic acids is 1. The molecule has 0 saturated heterocycles. The van der Waals surface area contributed by atoms with Crippen LogP contribution < -0.4 is 16.4 Å². The monoisotopic (exact) mass is 199 g/mol. The molecule has 2 amide bonds. The summed E-state index contributed by atoms with van der Waals surface area (Å²) in [5.74, 6) is 0.630. The third kappa shape index (κ3) is 4.46. The van der Waals surface area contributed by atoms with Crippen molar-refractivity contribution in [3.8, 4) is 0 Å². The van der Waals surface area contributed by atoms with Crippen molar-refractivity contribution in [2.24, 2.45) is 11.7 Å². The van der Waals surface area contributed by atoms with Gasteiger partial charge in [-0.15, -0.1) is 0 Å². The van der Waals surface area contributed by atoms with E-state index in [0.717, 1.165) is 0 Å². The fourth-order valence-corrected chi connectivity index (χ4v) is 1.29. The van der Waals surface area contributed by atoms with E-state index in [1.165, 1.54) is 12.8 Å². The van der Waals surface area contributed by atoms with E-state index >= 15 is 0 Å². The number of urea groups is 1. The second-order valence-electron chi connectivity index (χ2n) is 5.09. The fraction of sp³-hybridized carbons (Fsp3) is 0.900. The van der Waals surface area contributed by atoms with E-state index in [4.69, 9.17) is 5.73 Å². The lowest BCUT2D eigenvalue weighted by atomic mass is 10.1. The van der Waals surface area contributed by atoms with E-state index in [-0.39, 0.29) is 17.6 Å². The van der Waals surface area contributed by atoms with Gasteiger partial charge < -0.3 is 16.4 Å². The first kappa shape index (κ1) is 11.3. The number of nitrogens with two attached hydrogens (primary N) is 1. The van der Waals surface area contributed by atoms with Gasteiger partial charge in [0.25, 0.3) is 0 Å². The molecular formula is C10H21N3O. The topological polar surface area (TPSA) is 67.2 Å². The standard InChI is InChI=1S/C10H21N3O/c1-10(2,3)13-9(14)12-6-8(11)7-4-5-7/h7-8H,4-6,11H2,1-3H3,(H2,12,13,14). The van der Waals surface area contributed by atoms with Crippen molar-refractivity contribution in [1.82, 2.24) is 10.6 Å². The molecule has 0 aliphatic heterocycles. The Bertz CT molecular complexity index is 206. The van der Waals surface area contributed by atoms with Crippen molar-refractivity contribution in [1.29, 1.82) is 0 Å². The molecule has 1 saturated carbocycles. The summed E-state index contributed by atoms with van der Waals surface area (Å²) in [6, 6.07) is -0.00526. The van der Waals surface area contributed by atoms with Crippen LogP contribution >= 0.6 is 0 Å². The molecule has 0 heterocycles. The largest absolute Gasteiger partial charge is 0.337 e. The molecule has 4 heteroatoms. The lowest BCUT2D eigenvalue weighted by Crippen LogP contribution is -2.49. The van der Waals surface area contributed by atoms with Crippen molar-refractivity contribution in [3.63, 3.8) is 0 Å². The highest BCUT2D eigenvalue weighted by atomic mass is 16.2. The molecule has 1 atom stereocenters. The summed E-state index contributed by atoms with van der Waals surface area (Å²) in [5, 5.41) is 5.61. The van der Waals surface area contributed by atoms with Crippen LogP contribution in [0.1, 0.15) is 33.6 Å². The Balaban J connectivity index is 2.14. The van der Waals surface area contributed by atoms with Crippen LogP contribution in [0.2, 0.25) is 0 Å². The van der Waals surface area contributed by atoms with Crippen LogP contribution in [0.15, 0.2) is 0 Å². The molecule has 0 spiro atoms. The van der Waals surface area contributed by atoms with Gasteiger partial charge in [-0.2, -0.15) is 0 Å². The van der Waals surface area contributed by atoms with E-state index in [9.17, 15) is 4.79 Å². The smallest absolute Gasteiger partial charge is 0.315 e. The predicted molar refractivity (Wildman–Crippen MR) is 57.0 cm³/mol. The van der Waals surface area contributed by atoms with E-state index in [2.05, 4.69) is 10.6 Å². The Morgan fingerprint density at radius 2 is 2.07 bits per heavy atom. The quantitative estimate of drug-likeness (QED) is 0.630. The normalized spacial score (nSPS) is 18.9. The number of hydrogen-bond acceptors (Lipinski definition) is 2. The molecular weight excluding hydrogens is 178 g/mol. The summed E-state index contributed by atoms with van der Waals surface area (Å²) in [4.78, 5) is 11.3. The molecule has 14 heavy (non-hydrogen) atoms. The number of carbonyl (C=O) groups is 1. The zero-order valence-electron chi connectivity index (χ0n) is 9.26.